The second kappa shape index (κ2) is 5.69. The van der Waals surface area contributed by atoms with Gasteiger partial charge >= 0.3 is 5.97 Å². The van der Waals surface area contributed by atoms with E-state index >= 15 is 0 Å². The minimum absolute atomic E-state index is 0.0250. The lowest BCUT2D eigenvalue weighted by atomic mass is 9.91. The van der Waals surface area contributed by atoms with Gasteiger partial charge in [-0.15, -0.1) is 0 Å². The highest BCUT2D eigenvalue weighted by Gasteiger charge is 2.38. The zero-order valence-electron chi connectivity index (χ0n) is 10.9. The molecule has 0 bridgehead atoms. The van der Waals surface area contributed by atoms with E-state index in [2.05, 4.69) is 5.32 Å². The van der Waals surface area contributed by atoms with Crippen LogP contribution in [-0.2, 0) is 9.59 Å². The molecule has 1 heterocycles. The molecule has 18 heavy (non-hydrogen) atoms. The summed E-state index contributed by atoms with van der Waals surface area (Å²) in [7, 11) is 0. The predicted molar refractivity (Wildman–Crippen MR) is 67.2 cm³/mol. The predicted octanol–water partition coefficient (Wildman–Crippen LogP) is 0.983. The lowest BCUT2D eigenvalue weighted by molar-refractivity contribution is -0.148. The number of amides is 1. The Kier molecular flexibility index (Phi) is 4.22. The molecule has 2 fully saturated rings. The van der Waals surface area contributed by atoms with Crippen LogP contribution >= 0.6 is 0 Å². The van der Waals surface area contributed by atoms with Gasteiger partial charge in [0.05, 0.1) is 12.5 Å². The molecule has 0 aromatic heterocycles. The molecule has 1 amide bonds. The van der Waals surface area contributed by atoms with Crippen molar-refractivity contribution >= 4 is 11.9 Å². The third kappa shape index (κ3) is 2.83. The number of carboxylic acids is 1. The summed E-state index contributed by atoms with van der Waals surface area (Å²) >= 11 is 0. The van der Waals surface area contributed by atoms with E-state index in [0.29, 0.717) is 12.6 Å². The van der Waals surface area contributed by atoms with Gasteiger partial charge in [-0.05, 0) is 19.8 Å². The number of carboxylic acid groups (broad SMARTS) is 1. The number of hydrogen-bond donors (Lipinski definition) is 2. The Hall–Kier alpha value is -1.10. The van der Waals surface area contributed by atoms with E-state index in [0.717, 1.165) is 12.8 Å². The Bertz CT molecular complexity index is 326. The smallest absolute Gasteiger partial charge is 0.305 e. The molecule has 5 heteroatoms. The molecular formula is C13H22N2O3. The molecular weight excluding hydrogens is 232 g/mol. The van der Waals surface area contributed by atoms with Gasteiger partial charge in [0.1, 0.15) is 0 Å². The van der Waals surface area contributed by atoms with Gasteiger partial charge < -0.3 is 15.3 Å². The Morgan fingerprint density at radius 2 is 2.06 bits per heavy atom. The molecule has 0 aromatic carbocycles. The van der Waals surface area contributed by atoms with E-state index in [1.54, 1.807) is 0 Å². The van der Waals surface area contributed by atoms with E-state index in [1.807, 2.05) is 11.8 Å². The average molecular weight is 254 g/mol. The summed E-state index contributed by atoms with van der Waals surface area (Å²) in [6.07, 6.45) is 5.63. The molecule has 2 atom stereocenters. The molecule has 1 saturated carbocycles. The van der Waals surface area contributed by atoms with Crippen LogP contribution in [0.4, 0.5) is 0 Å². The molecule has 2 unspecified atom stereocenters. The Balaban J connectivity index is 2.05. The van der Waals surface area contributed by atoms with Crippen molar-refractivity contribution in [2.24, 2.45) is 0 Å². The Morgan fingerprint density at radius 1 is 1.39 bits per heavy atom. The lowest BCUT2D eigenvalue weighted by Crippen LogP contribution is -2.62. The second-order valence-corrected chi connectivity index (χ2v) is 5.45. The lowest BCUT2D eigenvalue weighted by Gasteiger charge is -2.44. The zero-order chi connectivity index (χ0) is 13.1. The summed E-state index contributed by atoms with van der Waals surface area (Å²) in [5, 5.41) is 11.9. The SMILES string of the molecule is CC1CNC(CC(=O)O)C(=O)N1C1CCCCC1. The van der Waals surface area contributed by atoms with Crippen LogP contribution < -0.4 is 5.32 Å². The van der Waals surface area contributed by atoms with E-state index in [1.165, 1.54) is 19.3 Å². The molecule has 2 N–H and O–H groups in total. The maximum atomic E-state index is 12.4. The second-order valence-electron chi connectivity index (χ2n) is 5.45. The summed E-state index contributed by atoms with van der Waals surface area (Å²) in [6.45, 7) is 2.73. The van der Waals surface area contributed by atoms with Crippen molar-refractivity contribution in [3.05, 3.63) is 0 Å². The topological polar surface area (TPSA) is 69.6 Å². The number of aliphatic carboxylic acids is 1. The highest BCUT2D eigenvalue weighted by Crippen LogP contribution is 2.26. The van der Waals surface area contributed by atoms with Gasteiger partial charge in [-0.3, -0.25) is 9.59 Å². The average Bonchev–Trinajstić information content (AvgIpc) is 2.34. The number of nitrogens with zero attached hydrogens (tertiary/aromatic N) is 1. The first-order valence-corrected chi connectivity index (χ1v) is 6.87. The summed E-state index contributed by atoms with van der Waals surface area (Å²) in [6, 6.07) is -0.0501. The van der Waals surface area contributed by atoms with Gasteiger partial charge in [-0.2, -0.15) is 0 Å². The van der Waals surface area contributed by atoms with E-state index in [9.17, 15) is 9.59 Å². The van der Waals surface area contributed by atoms with Crippen molar-refractivity contribution in [3.63, 3.8) is 0 Å². The van der Waals surface area contributed by atoms with Crippen molar-refractivity contribution in [1.82, 2.24) is 10.2 Å². The minimum atomic E-state index is -0.918. The standard InChI is InChI=1S/C13H22N2O3/c1-9-8-14-11(7-12(16)17)13(18)15(9)10-5-3-2-4-6-10/h9-11,14H,2-8H2,1H3,(H,16,17). The fourth-order valence-corrected chi connectivity index (χ4v) is 3.13. The number of carbonyl (C=O) groups excluding carboxylic acids is 1. The van der Waals surface area contributed by atoms with E-state index in [-0.39, 0.29) is 18.4 Å². The molecule has 0 radical (unpaired) electrons. The van der Waals surface area contributed by atoms with Gasteiger partial charge in [0, 0.05) is 18.6 Å². The molecule has 1 saturated heterocycles. The van der Waals surface area contributed by atoms with Crippen molar-refractivity contribution in [2.75, 3.05) is 6.54 Å². The van der Waals surface area contributed by atoms with Crippen LogP contribution in [0.2, 0.25) is 0 Å². The first kappa shape index (κ1) is 13.3. The number of rotatable bonds is 3. The first-order chi connectivity index (χ1) is 8.59. The first-order valence-electron chi connectivity index (χ1n) is 6.87. The summed E-state index contributed by atoms with van der Waals surface area (Å²) in [5.74, 6) is -0.943. The van der Waals surface area contributed by atoms with E-state index in [4.69, 9.17) is 5.11 Å². The molecule has 2 rings (SSSR count). The summed E-state index contributed by atoms with van der Waals surface area (Å²) in [4.78, 5) is 25.1. The van der Waals surface area contributed by atoms with Gasteiger partial charge in [-0.1, -0.05) is 19.3 Å². The van der Waals surface area contributed by atoms with Gasteiger partial charge in [-0.25, -0.2) is 0 Å². The molecule has 1 aliphatic carbocycles. The highest BCUT2D eigenvalue weighted by atomic mass is 16.4. The quantitative estimate of drug-likeness (QED) is 0.788. The summed E-state index contributed by atoms with van der Waals surface area (Å²) in [5.41, 5.74) is 0. The van der Waals surface area contributed by atoms with Gasteiger partial charge in [0.25, 0.3) is 0 Å². The van der Waals surface area contributed by atoms with E-state index < -0.39 is 12.0 Å². The number of hydrogen-bond acceptors (Lipinski definition) is 3. The molecule has 5 nitrogen and oxygen atoms in total. The molecule has 0 aromatic rings. The van der Waals surface area contributed by atoms with Crippen LogP contribution in [-0.4, -0.2) is 46.6 Å². The normalized spacial score (nSPS) is 30.5. The fourth-order valence-electron chi connectivity index (χ4n) is 3.13. The van der Waals surface area contributed by atoms with Crippen molar-refractivity contribution in [3.8, 4) is 0 Å². The monoisotopic (exact) mass is 254 g/mol. The van der Waals surface area contributed by atoms with Crippen LogP contribution in [0.15, 0.2) is 0 Å². The van der Waals surface area contributed by atoms with Crippen LogP contribution in [0.25, 0.3) is 0 Å². The van der Waals surface area contributed by atoms with Crippen molar-refractivity contribution in [1.29, 1.82) is 0 Å². The van der Waals surface area contributed by atoms with Crippen molar-refractivity contribution < 1.29 is 14.7 Å². The number of piperazine rings is 1. The minimum Gasteiger partial charge on any atom is -0.481 e. The largest absolute Gasteiger partial charge is 0.481 e. The van der Waals surface area contributed by atoms with Crippen LogP contribution in [0.5, 0.6) is 0 Å². The maximum Gasteiger partial charge on any atom is 0.305 e. The van der Waals surface area contributed by atoms with Crippen LogP contribution in [0.1, 0.15) is 45.4 Å². The van der Waals surface area contributed by atoms with Gasteiger partial charge in [0.2, 0.25) is 5.91 Å². The highest BCUT2D eigenvalue weighted by molar-refractivity contribution is 5.87. The third-order valence-corrected chi connectivity index (χ3v) is 4.03. The molecule has 1 aliphatic heterocycles. The summed E-state index contributed by atoms with van der Waals surface area (Å²) < 4.78 is 0. The Morgan fingerprint density at radius 3 is 2.67 bits per heavy atom. The maximum absolute atomic E-state index is 12.4. The molecule has 2 aliphatic rings. The number of nitrogens with one attached hydrogen (secondary N) is 1. The fraction of sp³-hybridized carbons (Fsp3) is 0.846. The van der Waals surface area contributed by atoms with Gasteiger partial charge in [0.15, 0.2) is 0 Å². The van der Waals surface area contributed by atoms with Crippen LogP contribution in [0.3, 0.4) is 0 Å². The molecule has 102 valence electrons. The number of carbonyl (C=O) groups is 2. The zero-order valence-corrected chi connectivity index (χ0v) is 10.9. The Labute approximate surface area is 108 Å². The van der Waals surface area contributed by atoms with Crippen LogP contribution in [0, 0.1) is 0 Å². The van der Waals surface area contributed by atoms with Crippen molar-refractivity contribution in [2.45, 2.75) is 63.6 Å². The third-order valence-electron chi connectivity index (χ3n) is 4.03. The molecule has 0 spiro atoms.